The minimum absolute atomic E-state index is 0.633. The molecule has 1 nitrogen and oxygen atoms in total. The van der Waals surface area contributed by atoms with Gasteiger partial charge in [-0.1, -0.05) is 19.1 Å². The number of anilines is 1. The van der Waals surface area contributed by atoms with E-state index in [1.807, 2.05) is 0 Å². The molecule has 1 unspecified atom stereocenters. The van der Waals surface area contributed by atoms with E-state index in [-0.39, 0.29) is 0 Å². The van der Waals surface area contributed by atoms with Gasteiger partial charge < -0.3 is 4.90 Å². The Morgan fingerprint density at radius 1 is 1.40 bits per heavy atom. The Bertz CT molecular complexity index is 298. The predicted molar refractivity (Wildman–Crippen MR) is 72.1 cm³/mol. The van der Waals surface area contributed by atoms with Crippen molar-refractivity contribution in [2.75, 3.05) is 23.7 Å². The molecule has 0 saturated carbocycles. The molecule has 1 aromatic carbocycles. The molecule has 0 aliphatic rings. The van der Waals surface area contributed by atoms with Crippen molar-refractivity contribution >= 4 is 18.3 Å². The second-order valence-electron chi connectivity index (χ2n) is 4.17. The molecule has 0 aliphatic carbocycles. The van der Waals surface area contributed by atoms with Gasteiger partial charge in [0.25, 0.3) is 0 Å². The Hall–Kier alpha value is -0.630. The van der Waals surface area contributed by atoms with E-state index >= 15 is 0 Å². The van der Waals surface area contributed by atoms with Crippen LogP contribution in [0.25, 0.3) is 0 Å². The molecule has 0 amide bonds. The van der Waals surface area contributed by atoms with E-state index in [0.29, 0.717) is 5.92 Å². The summed E-state index contributed by atoms with van der Waals surface area (Å²) in [4.78, 5) is 2.41. The lowest BCUT2D eigenvalue weighted by Crippen LogP contribution is -2.28. The van der Waals surface area contributed by atoms with Crippen LogP contribution >= 0.6 is 12.6 Å². The number of hydrogen-bond donors (Lipinski definition) is 1. The summed E-state index contributed by atoms with van der Waals surface area (Å²) >= 11 is 4.34. The van der Waals surface area contributed by atoms with Gasteiger partial charge >= 0.3 is 0 Å². The van der Waals surface area contributed by atoms with Crippen LogP contribution in [0.3, 0.4) is 0 Å². The highest BCUT2D eigenvalue weighted by Crippen LogP contribution is 2.17. The summed E-state index contributed by atoms with van der Waals surface area (Å²) in [5.41, 5.74) is 2.65. The van der Waals surface area contributed by atoms with Crippen LogP contribution in [-0.4, -0.2) is 18.8 Å². The maximum absolute atomic E-state index is 4.34. The molecule has 84 valence electrons. The Kier molecular flexibility index (Phi) is 5.03. The number of benzene rings is 1. The van der Waals surface area contributed by atoms with Crippen LogP contribution in [0.1, 0.15) is 19.4 Å². The van der Waals surface area contributed by atoms with Crippen molar-refractivity contribution in [1.29, 1.82) is 0 Å². The van der Waals surface area contributed by atoms with Gasteiger partial charge in [0.1, 0.15) is 0 Å². The number of aryl methyl sites for hydroxylation is 1. The summed E-state index contributed by atoms with van der Waals surface area (Å²) in [6.45, 7) is 8.73. The van der Waals surface area contributed by atoms with Crippen molar-refractivity contribution in [3.8, 4) is 0 Å². The summed E-state index contributed by atoms with van der Waals surface area (Å²) in [5, 5.41) is 0. The average Bonchev–Trinajstić information content (AvgIpc) is 2.25. The van der Waals surface area contributed by atoms with Crippen LogP contribution < -0.4 is 4.90 Å². The standard InChI is InChI=1S/C13H21NS/c1-4-14(9-12(3)10-15)13-7-5-6-11(2)8-13/h5-8,12,15H,4,9-10H2,1-3H3. The lowest BCUT2D eigenvalue weighted by atomic mass is 10.1. The van der Waals surface area contributed by atoms with Crippen LogP contribution in [0.2, 0.25) is 0 Å². The van der Waals surface area contributed by atoms with E-state index < -0.39 is 0 Å². The SMILES string of the molecule is CCN(CC(C)CS)c1cccc(C)c1. The smallest absolute Gasteiger partial charge is 0.0368 e. The molecule has 0 radical (unpaired) electrons. The summed E-state index contributed by atoms with van der Waals surface area (Å²) < 4.78 is 0. The van der Waals surface area contributed by atoms with E-state index in [1.54, 1.807) is 0 Å². The molecule has 0 saturated heterocycles. The van der Waals surface area contributed by atoms with Crippen molar-refractivity contribution < 1.29 is 0 Å². The van der Waals surface area contributed by atoms with E-state index in [9.17, 15) is 0 Å². The van der Waals surface area contributed by atoms with Crippen LogP contribution in [0.5, 0.6) is 0 Å². The van der Waals surface area contributed by atoms with Gasteiger partial charge in [-0.2, -0.15) is 12.6 Å². The molecule has 0 aromatic heterocycles. The van der Waals surface area contributed by atoms with Crippen molar-refractivity contribution in [3.63, 3.8) is 0 Å². The lowest BCUT2D eigenvalue weighted by Gasteiger charge is -2.26. The Balaban J connectivity index is 2.73. The predicted octanol–water partition coefficient (Wildman–Crippen LogP) is 3.39. The van der Waals surface area contributed by atoms with E-state index in [2.05, 4.69) is 62.6 Å². The van der Waals surface area contributed by atoms with E-state index in [4.69, 9.17) is 0 Å². The fourth-order valence-electron chi connectivity index (χ4n) is 1.68. The van der Waals surface area contributed by atoms with Gasteiger partial charge in [-0.15, -0.1) is 0 Å². The molecule has 0 spiro atoms. The normalized spacial score (nSPS) is 12.5. The molecule has 0 N–H and O–H groups in total. The first-order chi connectivity index (χ1) is 7.17. The molecule has 1 atom stereocenters. The number of thiol groups is 1. The Morgan fingerprint density at radius 3 is 2.67 bits per heavy atom. The molecule has 0 fully saturated rings. The van der Waals surface area contributed by atoms with Crippen LogP contribution in [-0.2, 0) is 0 Å². The number of hydrogen-bond acceptors (Lipinski definition) is 2. The largest absolute Gasteiger partial charge is 0.372 e. The molecule has 0 heterocycles. The maximum Gasteiger partial charge on any atom is 0.0368 e. The van der Waals surface area contributed by atoms with Crippen molar-refractivity contribution in [2.24, 2.45) is 5.92 Å². The zero-order valence-electron chi connectivity index (χ0n) is 9.90. The highest BCUT2D eigenvalue weighted by molar-refractivity contribution is 7.80. The number of rotatable bonds is 5. The van der Waals surface area contributed by atoms with Crippen molar-refractivity contribution in [3.05, 3.63) is 29.8 Å². The zero-order valence-corrected chi connectivity index (χ0v) is 10.8. The Morgan fingerprint density at radius 2 is 2.13 bits per heavy atom. The summed E-state index contributed by atoms with van der Waals surface area (Å²) in [7, 11) is 0. The fourth-order valence-corrected chi connectivity index (χ4v) is 1.79. The van der Waals surface area contributed by atoms with E-state index in [0.717, 1.165) is 18.8 Å². The second-order valence-corrected chi connectivity index (χ2v) is 4.53. The third-order valence-electron chi connectivity index (χ3n) is 2.59. The van der Waals surface area contributed by atoms with Gasteiger partial charge in [-0.25, -0.2) is 0 Å². The first-order valence-electron chi connectivity index (χ1n) is 5.59. The molecule has 1 rings (SSSR count). The first-order valence-corrected chi connectivity index (χ1v) is 6.23. The summed E-state index contributed by atoms with van der Waals surface area (Å²) in [5.74, 6) is 1.58. The monoisotopic (exact) mass is 223 g/mol. The molecular weight excluding hydrogens is 202 g/mol. The van der Waals surface area contributed by atoms with Gasteiger partial charge in [-0.3, -0.25) is 0 Å². The molecule has 2 heteroatoms. The minimum Gasteiger partial charge on any atom is -0.372 e. The average molecular weight is 223 g/mol. The van der Waals surface area contributed by atoms with Gasteiger partial charge in [-0.05, 0) is 43.2 Å². The number of nitrogens with zero attached hydrogens (tertiary/aromatic N) is 1. The van der Waals surface area contributed by atoms with Gasteiger partial charge in [0.05, 0.1) is 0 Å². The second kappa shape index (κ2) is 6.06. The highest BCUT2D eigenvalue weighted by atomic mass is 32.1. The van der Waals surface area contributed by atoms with Crippen LogP contribution in [0.4, 0.5) is 5.69 Å². The lowest BCUT2D eigenvalue weighted by molar-refractivity contribution is 0.629. The molecular formula is C13H21NS. The topological polar surface area (TPSA) is 3.24 Å². The summed E-state index contributed by atoms with van der Waals surface area (Å²) in [6, 6.07) is 8.69. The van der Waals surface area contributed by atoms with Crippen molar-refractivity contribution in [2.45, 2.75) is 20.8 Å². The molecule has 1 aromatic rings. The fraction of sp³-hybridized carbons (Fsp3) is 0.538. The highest BCUT2D eigenvalue weighted by Gasteiger charge is 2.08. The van der Waals surface area contributed by atoms with Gasteiger partial charge in [0.15, 0.2) is 0 Å². The Labute approximate surface area is 98.9 Å². The van der Waals surface area contributed by atoms with Crippen LogP contribution in [0, 0.1) is 12.8 Å². The van der Waals surface area contributed by atoms with Crippen LogP contribution in [0.15, 0.2) is 24.3 Å². The zero-order chi connectivity index (χ0) is 11.3. The van der Waals surface area contributed by atoms with Gasteiger partial charge in [0, 0.05) is 18.8 Å². The third kappa shape index (κ3) is 3.78. The summed E-state index contributed by atoms with van der Waals surface area (Å²) in [6.07, 6.45) is 0. The maximum atomic E-state index is 4.34. The molecule has 0 bridgehead atoms. The molecule has 15 heavy (non-hydrogen) atoms. The van der Waals surface area contributed by atoms with E-state index in [1.165, 1.54) is 11.3 Å². The van der Waals surface area contributed by atoms with Gasteiger partial charge in [0.2, 0.25) is 0 Å². The first kappa shape index (κ1) is 12.4. The quantitative estimate of drug-likeness (QED) is 0.749. The molecule has 0 aliphatic heterocycles. The minimum atomic E-state index is 0.633. The van der Waals surface area contributed by atoms with Crippen molar-refractivity contribution in [1.82, 2.24) is 0 Å². The third-order valence-corrected chi connectivity index (χ3v) is 3.22.